The minimum absolute atomic E-state index is 0.0502. The zero-order valence-electron chi connectivity index (χ0n) is 14.2. The minimum Gasteiger partial charge on any atom is -0.258 e. The molecule has 0 N–H and O–H groups in total. The Bertz CT molecular complexity index is 934. The molecular weight excluding hydrogens is 334 g/mol. The zero-order chi connectivity index (χ0) is 18.4. The van der Waals surface area contributed by atoms with Crippen LogP contribution >= 0.6 is 0 Å². The van der Waals surface area contributed by atoms with E-state index in [1.807, 2.05) is 13.0 Å². The summed E-state index contributed by atoms with van der Waals surface area (Å²) in [7, 11) is -4.00. The summed E-state index contributed by atoms with van der Waals surface area (Å²) in [4.78, 5) is 12.5. The van der Waals surface area contributed by atoms with Crippen molar-refractivity contribution in [2.24, 2.45) is 0 Å². The van der Waals surface area contributed by atoms with Crippen LogP contribution in [-0.4, -0.2) is 25.2 Å². The summed E-state index contributed by atoms with van der Waals surface area (Å²) in [6, 6.07) is 15.3. The van der Waals surface area contributed by atoms with Crippen LogP contribution in [0.4, 0.5) is 0 Å². The Hall–Kier alpha value is -2.84. The van der Waals surface area contributed by atoms with Crippen molar-refractivity contribution >= 4 is 15.9 Å². The normalized spacial score (nSPS) is 10.5. The van der Waals surface area contributed by atoms with Crippen LogP contribution in [0.1, 0.15) is 18.1 Å². The molecule has 2 aromatic rings. The van der Waals surface area contributed by atoms with E-state index in [0.29, 0.717) is 11.1 Å². The van der Waals surface area contributed by atoms with Gasteiger partial charge in [-0.3, -0.25) is 4.79 Å². The molecule has 4 nitrogen and oxygen atoms in total. The maximum absolute atomic E-state index is 12.8. The van der Waals surface area contributed by atoms with E-state index in [0.717, 1.165) is 9.87 Å². The fourth-order valence-electron chi connectivity index (χ4n) is 2.06. The summed E-state index contributed by atoms with van der Waals surface area (Å²) in [5.41, 5.74) is 2.12. The van der Waals surface area contributed by atoms with Crippen molar-refractivity contribution in [3.05, 3.63) is 77.9 Å². The summed E-state index contributed by atoms with van der Waals surface area (Å²) in [6.07, 6.45) is 0. The molecule has 0 bridgehead atoms. The molecule has 2 aromatic carbocycles. The van der Waals surface area contributed by atoms with Gasteiger partial charge < -0.3 is 0 Å². The Morgan fingerprint density at radius 1 is 1.08 bits per heavy atom. The van der Waals surface area contributed by atoms with E-state index >= 15 is 0 Å². The van der Waals surface area contributed by atoms with Gasteiger partial charge >= 0.3 is 5.91 Å². The molecule has 0 saturated carbocycles. The predicted octanol–water partition coefficient (Wildman–Crippen LogP) is 3.14. The van der Waals surface area contributed by atoms with Gasteiger partial charge in [-0.25, -0.2) is 12.7 Å². The summed E-state index contributed by atoms with van der Waals surface area (Å²) >= 11 is 0. The molecule has 0 atom stereocenters. The third-order valence-corrected chi connectivity index (χ3v) is 5.08. The second-order valence-electron chi connectivity index (χ2n) is 5.70. The Morgan fingerprint density at radius 3 is 2.24 bits per heavy atom. The van der Waals surface area contributed by atoms with Crippen LogP contribution in [0.2, 0.25) is 0 Å². The van der Waals surface area contributed by atoms with E-state index in [-0.39, 0.29) is 11.4 Å². The van der Waals surface area contributed by atoms with Gasteiger partial charge in [-0.15, -0.1) is 0 Å². The van der Waals surface area contributed by atoms with Gasteiger partial charge in [-0.1, -0.05) is 54.0 Å². The lowest BCUT2D eigenvalue weighted by molar-refractivity contribution is -0.120. The molecule has 0 aliphatic heterocycles. The highest BCUT2D eigenvalue weighted by Gasteiger charge is 2.28. The van der Waals surface area contributed by atoms with Crippen LogP contribution in [-0.2, 0) is 14.8 Å². The molecule has 25 heavy (non-hydrogen) atoms. The highest BCUT2D eigenvalue weighted by Crippen LogP contribution is 2.17. The van der Waals surface area contributed by atoms with E-state index in [1.165, 1.54) is 12.1 Å². The minimum atomic E-state index is -4.00. The second kappa shape index (κ2) is 7.82. The quantitative estimate of drug-likeness (QED) is 0.627. The van der Waals surface area contributed by atoms with Crippen LogP contribution in [0.5, 0.6) is 0 Å². The topological polar surface area (TPSA) is 54.5 Å². The van der Waals surface area contributed by atoms with Crippen molar-refractivity contribution in [2.45, 2.75) is 18.7 Å². The Morgan fingerprint density at radius 2 is 1.68 bits per heavy atom. The summed E-state index contributed by atoms with van der Waals surface area (Å²) in [5.74, 6) is 4.32. The molecule has 0 radical (unpaired) electrons. The summed E-state index contributed by atoms with van der Waals surface area (Å²) in [6.45, 7) is 7.12. The van der Waals surface area contributed by atoms with E-state index in [1.54, 1.807) is 43.3 Å². The summed E-state index contributed by atoms with van der Waals surface area (Å²) < 4.78 is 26.4. The predicted molar refractivity (Wildman–Crippen MR) is 98.2 cm³/mol. The molecule has 1 amide bonds. The van der Waals surface area contributed by atoms with Crippen LogP contribution in [0.3, 0.4) is 0 Å². The lowest BCUT2D eigenvalue weighted by atomic mass is 10.2. The molecule has 5 heteroatoms. The Labute approximate surface area is 148 Å². The van der Waals surface area contributed by atoms with Crippen LogP contribution in [0, 0.1) is 18.8 Å². The van der Waals surface area contributed by atoms with E-state index in [2.05, 4.69) is 18.4 Å². The maximum atomic E-state index is 12.8. The van der Waals surface area contributed by atoms with Gasteiger partial charge in [0.2, 0.25) is 0 Å². The summed E-state index contributed by atoms with van der Waals surface area (Å²) in [5, 5.41) is 0. The Kier molecular flexibility index (Phi) is 5.79. The molecule has 128 valence electrons. The lowest BCUT2D eigenvalue weighted by Crippen LogP contribution is -2.37. The average molecular weight is 353 g/mol. The first-order chi connectivity index (χ1) is 11.8. The number of amides is 1. The number of sulfonamides is 1. The zero-order valence-corrected chi connectivity index (χ0v) is 15.0. The number of aryl methyl sites for hydroxylation is 1. The average Bonchev–Trinajstić information content (AvgIpc) is 2.58. The molecule has 0 heterocycles. The first-order valence-electron chi connectivity index (χ1n) is 7.65. The van der Waals surface area contributed by atoms with Crippen molar-refractivity contribution < 1.29 is 13.2 Å². The smallest absolute Gasteiger partial charge is 0.258 e. The monoisotopic (exact) mass is 353 g/mol. The number of hydrogen-bond acceptors (Lipinski definition) is 3. The molecule has 2 rings (SSSR count). The van der Waals surface area contributed by atoms with Crippen LogP contribution < -0.4 is 0 Å². The van der Waals surface area contributed by atoms with Crippen molar-refractivity contribution in [2.75, 3.05) is 6.54 Å². The fourth-order valence-corrected chi connectivity index (χ4v) is 3.45. The fraction of sp³-hybridized carbons (Fsp3) is 0.150. The highest BCUT2D eigenvalue weighted by molar-refractivity contribution is 7.89. The molecule has 0 unspecified atom stereocenters. The van der Waals surface area contributed by atoms with Gasteiger partial charge in [0.15, 0.2) is 0 Å². The van der Waals surface area contributed by atoms with Gasteiger partial charge in [-0.2, -0.15) is 0 Å². The van der Waals surface area contributed by atoms with E-state index in [4.69, 9.17) is 0 Å². The number of carbonyl (C=O) groups excluding carboxylic acids is 1. The van der Waals surface area contributed by atoms with Crippen molar-refractivity contribution in [1.29, 1.82) is 0 Å². The standard InChI is InChI=1S/C20H19NO3S/c1-16(2)15-21(20(22)14-11-18-7-5-4-6-8-18)25(23,24)19-12-9-17(3)10-13-19/h4-10,12-13H,1,15H2,2-3H3. The van der Waals surface area contributed by atoms with Crippen LogP contribution in [0.15, 0.2) is 71.6 Å². The van der Waals surface area contributed by atoms with Gasteiger partial charge in [0.05, 0.1) is 11.4 Å². The highest BCUT2D eigenvalue weighted by atomic mass is 32.2. The first kappa shape index (κ1) is 18.5. The third-order valence-electron chi connectivity index (χ3n) is 3.34. The van der Waals surface area contributed by atoms with Crippen molar-refractivity contribution in [3.63, 3.8) is 0 Å². The first-order valence-corrected chi connectivity index (χ1v) is 9.09. The number of nitrogens with zero attached hydrogens (tertiary/aromatic N) is 1. The number of carbonyl (C=O) groups is 1. The number of hydrogen-bond donors (Lipinski definition) is 0. The van der Waals surface area contributed by atoms with Gasteiger partial charge in [0, 0.05) is 11.5 Å². The molecule has 0 fully saturated rings. The molecule has 0 aromatic heterocycles. The van der Waals surface area contributed by atoms with Gasteiger partial charge in [0.1, 0.15) is 0 Å². The van der Waals surface area contributed by atoms with Crippen molar-refractivity contribution in [1.82, 2.24) is 4.31 Å². The second-order valence-corrected chi connectivity index (χ2v) is 7.57. The number of benzene rings is 2. The SMILES string of the molecule is C=C(C)CN(C(=O)C#Cc1ccccc1)S(=O)(=O)c1ccc(C)cc1. The van der Waals surface area contributed by atoms with Gasteiger partial charge in [0.25, 0.3) is 10.0 Å². The van der Waals surface area contributed by atoms with Crippen LogP contribution in [0.25, 0.3) is 0 Å². The van der Waals surface area contributed by atoms with Gasteiger partial charge in [-0.05, 0) is 38.1 Å². The Balaban J connectivity index is 2.38. The largest absolute Gasteiger partial charge is 0.312 e. The number of rotatable bonds is 4. The maximum Gasteiger partial charge on any atom is 0.312 e. The van der Waals surface area contributed by atoms with E-state index < -0.39 is 15.9 Å². The molecule has 0 saturated heterocycles. The molecular formula is C20H19NO3S. The van der Waals surface area contributed by atoms with Crippen molar-refractivity contribution in [3.8, 4) is 11.8 Å². The molecule has 0 aliphatic rings. The molecule has 0 spiro atoms. The lowest BCUT2D eigenvalue weighted by Gasteiger charge is -2.20. The third kappa shape index (κ3) is 4.82. The molecule has 0 aliphatic carbocycles. The van der Waals surface area contributed by atoms with E-state index in [9.17, 15) is 13.2 Å².